The molecule has 0 saturated heterocycles. The van der Waals surface area contributed by atoms with Crippen LogP contribution in [0.4, 0.5) is 0 Å². The fourth-order valence-electron chi connectivity index (χ4n) is 0.799. The van der Waals surface area contributed by atoms with E-state index in [0.29, 0.717) is 6.92 Å². The van der Waals surface area contributed by atoms with Crippen molar-refractivity contribution in [1.82, 2.24) is 0 Å². The zero-order valence-electron chi connectivity index (χ0n) is 8.13. The van der Waals surface area contributed by atoms with Crippen molar-refractivity contribution in [3.63, 3.8) is 0 Å². The molecular weight excluding hydrogens is 259 g/mol. The van der Waals surface area contributed by atoms with Crippen molar-refractivity contribution in [2.24, 2.45) is 0 Å². The number of nitrogens with zero attached hydrogens (tertiary/aromatic N) is 4. The van der Waals surface area contributed by atoms with Gasteiger partial charge in [0.1, 0.15) is 0 Å². The van der Waals surface area contributed by atoms with Gasteiger partial charge in [-0.05, 0) is 0 Å². The van der Waals surface area contributed by atoms with Crippen LogP contribution < -0.4 is 0 Å². The number of nitro groups is 4. The molecular formula is C3H4KN4O8. The molecule has 1 unspecified atom stereocenters. The molecule has 0 amide bonds. The quantitative estimate of drug-likeness (QED) is 0.256. The van der Waals surface area contributed by atoms with Crippen LogP contribution in [0.2, 0.25) is 0 Å². The van der Waals surface area contributed by atoms with Crippen LogP contribution in [0.5, 0.6) is 0 Å². The molecule has 1 radical (unpaired) electrons. The molecule has 13 heteroatoms. The van der Waals surface area contributed by atoms with Gasteiger partial charge in [0, 0.05) is 63.2 Å². The van der Waals surface area contributed by atoms with E-state index >= 15 is 0 Å². The molecule has 0 rings (SSSR count). The minimum Gasteiger partial charge on any atom is -0.263 e. The van der Waals surface area contributed by atoms with Gasteiger partial charge in [0.05, 0.1) is 0 Å². The second kappa shape index (κ2) is 6.09. The van der Waals surface area contributed by atoms with Gasteiger partial charge in [-0.25, -0.2) is 0 Å². The molecule has 0 aliphatic heterocycles. The molecule has 0 bridgehead atoms. The Morgan fingerprint density at radius 2 is 1.12 bits per heavy atom. The molecule has 0 aromatic carbocycles. The predicted octanol–water partition coefficient (Wildman–Crippen LogP) is -1.25. The summed E-state index contributed by atoms with van der Waals surface area (Å²) in [6, 6.07) is -2.59. The topological polar surface area (TPSA) is 173 Å². The van der Waals surface area contributed by atoms with E-state index in [0.717, 1.165) is 0 Å². The van der Waals surface area contributed by atoms with E-state index in [2.05, 4.69) is 0 Å². The van der Waals surface area contributed by atoms with Crippen LogP contribution >= 0.6 is 0 Å². The van der Waals surface area contributed by atoms with Crippen LogP contribution in [0.1, 0.15) is 6.92 Å². The fraction of sp³-hybridized carbons (Fsp3) is 1.00. The van der Waals surface area contributed by atoms with Crippen LogP contribution in [0.15, 0.2) is 0 Å². The van der Waals surface area contributed by atoms with Crippen LogP contribution in [-0.2, 0) is 0 Å². The van der Waals surface area contributed by atoms with E-state index in [9.17, 15) is 40.5 Å². The van der Waals surface area contributed by atoms with Crippen LogP contribution in [-0.4, -0.2) is 82.9 Å². The first-order valence-corrected chi connectivity index (χ1v) is 3.26. The summed E-state index contributed by atoms with van der Waals surface area (Å²) in [4.78, 5) is 33.8. The number of hydrogen-bond donors (Lipinski definition) is 0. The molecule has 0 aromatic heterocycles. The smallest absolute Gasteiger partial charge is 0.263 e. The van der Waals surface area contributed by atoms with Crippen molar-refractivity contribution in [2.45, 2.75) is 18.8 Å². The van der Waals surface area contributed by atoms with E-state index in [1.54, 1.807) is 0 Å². The summed E-state index contributed by atoms with van der Waals surface area (Å²) in [7, 11) is 0. The Balaban J connectivity index is 0. The van der Waals surface area contributed by atoms with Gasteiger partial charge in [-0.15, -0.1) is 0 Å². The van der Waals surface area contributed by atoms with Gasteiger partial charge in [0.15, 0.2) is 14.8 Å². The Hall–Kier alpha value is -0.764. The van der Waals surface area contributed by atoms with E-state index in [1.807, 2.05) is 0 Å². The maximum Gasteiger partial charge on any atom is 0.766 e. The van der Waals surface area contributed by atoms with Crippen molar-refractivity contribution in [3.8, 4) is 0 Å². The Bertz CT molecular complexity index is 306. The summed E-state index contributed by atoms with van der Waals surface area (Å²) < 4.78 is 0. The minimum absolute atomic E-state index is 0. The van der Waals surface area contributed by atoms with Gasteiger partial charge in [-0.3, -0.25) is 40.5 Å². The summed E-state index contributed by atoms with van der Waals surface area (Å²) in [6.07, 6.45) is 0. The SMILES string of the molecule is CC([N+](=O)[O-])C([N+](=O)[O-])([N+](=O)[O-])[N+](=O)[O-].[K]. The average Bonchev–Trinajstić information content (AvgIpc) is 2.02. The molecule has 0 heterocycles. The molecule has 85 valence electrons. The normalized spacial score (nSPS) is 12.1. The maximum absolute atomic E-state index is 10.3. The van der Waals surface area contributed by atoms with Crippen molar-refractivity contribution >= 4 is 51.4 Å². The van der Waals surface area contributed by atoms with Gasteiger partial charge in [0.2, 0.25) is 0 Å². The molecule has 0 aliphatic rings. The van der Waals surface area contributed by atoms with Gasteiger partial charge in [0.25, 0.3) is 0 Å². The summed E-state index contributed by atoms with van der Waals surface area (Å²) in [5.74, 6) is -4.05. The molecule has 1 atom stereocenters. The molecule has 0 saturated carbocycles. The largest absolute Gasteiger partial charge is 0.766 e. The first kappa shape index (κ1) is 17.6. The molecule has 0 aliphatic carbocycles. The Morgan fingerprint density at radius 3 is 1.19 bits per heavy atom. The third-order valence-electron chi connectivity index (χ3n) is 1.68. The van der Waals surface area contributed by atoms with Gasteiger partial charge in [-0.2, -0.15) is 0 Å². The van der Waals surface area contributed by atoms with Crippen molar-refractivity contribution < 1.29 is 19.7 Å². The first-order valence-electron chi connectivity index (χ1n) is 3.26. The van der Waals surface area contributed by atoms with Crippen LogP contribution in [0.3, 0.4) is 0 Å². The Labute approximate surface area is 129 Å². The summed E-state index contributed by atoms with van der Waals surface area (Å²) in [5.41, 5.74) is 0. The van der Waals surface area contributed by atoms with Crippen molar-refractivity contribution in [3.05, 3.63) is 40.5 Å². The Kier molecular flexibility index (Phi) is 6.71. The molecule has 0 fully saturated rings. The van der Waals surface area contributed by atoms with Crippen LogP contribution in [0.25, 0.3) is 0 Å². The zero-order valence-corrected chi connectivity index (χ0v) is 11.3. The number of rotatable bonds is 5. The maximum atomic E-state index is 10.3. The monoisotopic (exact) mass is 263 g/mol. The second-order valence-electron chi connectivity index (χ2n) is 2.42. The van der Waals surface area contributed by atoms with Crippen molar-refractivity contribution in [2.75, 3.05) is 0 Å². The average molecular weight is 263 g/mol. The molecule has 16 heavy (non-hydrogen) atoms. The molecule has 0 spiro atoms. The Morgan fingerprint density at radius 1 is 0.875 bits per heavy atom. The predicted molar refractivity (Wildman–Crippen MR) is 45.9 cm³/mol. The third-order valence-corrected chi connectivity index (χ3v) is 1.68. The summed E-state index contributed by atoms with van der Waals surface area (Å²) in [5, 5.41) is 41.0. The second-order valence-corrected chi connectivity index (χ2v) is 2.42. The standard InChI is InChI=1S/C3H4N4O8.K/c1-2(4(8)9)3(5(10)11,6(12)13)7(14)15;/h2H,1H3;. The number of hydrogen-bond acceptors (Lipinski definition) is 8. The molecule has 0 aromatic rings. The van der Waals surface area contributed by atoms with E-state index in [4.69, 9.17) is 0 Å². The van der Waals surface area contributed by atoms with Gasteiger partial charge >= 0.3 is 11.8 Å². The minimum atomic E-state index is -4.05. The van der Waals surface area contributed by atoms with Crippen molar-refractivity contribution in [1.29, 1.82) is 0 Å². The summed E-state index contributed by atoms with van der Waals surface area (Å²) >= 11 is 0. The van der Waals surface area contributed by atoms with Gasteiger partial charge < -0.3 is 0 Å². The summed E-state index contributed by atoms with van der Waals surface area (Å²) in [6.45, 7) is 0.425. The van der Waals surface area contributed by atoms with Gasteiger partial charge in [-0.1, -0.05) is 0 Å². The first-order chi connectivity index (χ1) is 6.68. The zero-order chi connectivity index (χ0) is 12.4. The molecule has 12 nitrogen and oxygen atoms in total. The fourth-order valence-corrected chi connectivity index (χ4v) is 0.799. The molecule has 0 N–H and O–H groups in total. The van der Waals surface area contributed by atoms with E-state index in [1.165, 1.54) is 0 Å². The van der Waals surface area contributed by atoms with E-state index in [-0.39, 0.29) is 51.4 Å². The van der Waals surface area contributed by atoms with E-state index < -0.39 is 31.5 Å². The third kappa shape index (κ3) is 2.67. The van der Waals surface area contributed by atoms with Crippen LogP contribution in [0, 0.1) is 40.5 Å².